The van der Waals surface area contributed by atoms with Crippen molar-refractivity contribution in [3.05, 3.63) is 29.3 Å². The van der Waals surface area contributed by atoms with E-state index in [9.17, 15) is 13.2 Å². The number of alkyl halides is 3. The molecule has 1 aromatic carbocycles. The maximum Gasteiger partial charge on any atom is 0.417 e. The van der Waals surface area contributed by atoms with Gasteiger partial charge in [0.15, 0.2) is 0 Å². The van der Waals surface area contributed by atoms with E-state index < -0.39 is 11.7 Å². The number of benzene rings is 1. The molecule has 0 aliphatic carbocycles. The summed E-state index contributed by atoms with van der Waals surface area (Å²) in [5.41, 5.74) is -1.17. The van der Waals surface area contributed by atoms with Gasteiger partial charge in [-0.3, -0.25) is 0 Å². The quantitative estimate of drug-likeness (QED) is 0.741. The molecule has 0 radical (unpaired) electrons. The number of rotatable bonds is 4. The highest BCUT2D eigenvalue weighted by atomic mass is 32.2. The largest absolute Gasteiger partial charge is 0.417 e. The third-order valence-electron chi connectivity index (χ3n) is 2.38. The van der Waals surface area contributed by atoms with Crippen molar-refractivity contribution in [3.63, 3.8) is 0 Å². The van der Waals surface area contributed by atoms with Gasteiger partial charge in [0, 0.05) is 4.90 Å². The number of hydrogen-bond donors (Lipinski definition) is 0. The zero-order valence-corrected chi connectivity index (χ0v) is 11.0. The van der Waals surface area contributed by atoms with Crippen LogP contribution in [-0.2, 0) is 6.18 Å². The first-order valence-electron chi connectivity index (χ1n) is 5.58. The highest BCUT2D eigenvalue weighted by Crippen LogP contribution is 2.34. The Hall–Kier alpha value is -1.15. The lowest BCUT2D eigenvalue weighted by Gasteiger charge is -2.10. The van der Waals surface area contributed by atoms with Gasteiger partial charge in [-0.25, -0.2) is 0 Å². The third kappa shape index (κ3) is 4.26. The van der Waals surface area contributed by atoms with Crippen LogP contribution in [0.15, 0.2) is 23.1 Å². The summed E-state index contributed by atoms with van der Waals surface area (Å²) >= 11 is 1.48. The average molecular weight is 273 g/mol. The minimum atomic E-state index is -4.47. The van der Waals surface area contributed by atoms with Gasteiger partial charge in [0.2, 0.25) is 0 Å². The molecule has 0 saturated carbocycles. The molecule has 0 amide bonds. The van der Waals surface area contributed by atoms with Gasteiger partial charge in [0.25, 0.3) is 0 Å². The normalized spacial score (nSPS) is 11.6. The molecule has 0 aromatic heterocycles. The van der Waals surface area contributed by atoms with E-state index in [1.54, 1.807) is 6.07 Å². The van der Waals surface area contributed by atoms with E-state index in [0.717, 1.165) is 18.2 Å². The van der Waals surface area contributed by atoms with Gasteiger partial charge in [-0.05, 0) is 36.3 Å². The van der Waals surface area contributed by atoms with Crippen LogP contribution in [0.2, 0.25) is 0 Å². The summed E-state index contributed by atoms with van der Waals surface area (Å²) < 4.78 is 37.7. The molecule has 0 aliphatic heterocycles. The molecule has 0 aliphatic rings. The lowest BCUT2D eigenvalue weighted by molar-refractivity contribution is -0.137. The Morgan fingerprint density at radius 3 is 2.50 bits per heavy atom. The fraction of sp³-hybridized carbons (Fsp3) is 0.462. The second kappa shape index (κ2) is 6.14. The van der Waals surface area contributed by atoms with Crippen LogP contribution >= 0.6 is 11.8 Å². The van der Waals surface area contributed by atoms with Crippen molar-refractivity contribution in [1.29, 1.82) is 5.26 Å². The van der Waals surface area contributed by atoms with Crippen LogP contribution in [0.3, 0.4) is 0 Å². The summed E-state index contributed by atoms with van der Waals surface area (Å²) in [6.07, 6.45) is -3.47. The molecule has 1 nitrogen and oxygen atoms in total. The number of halogens is 3. The second-order valence-corrected chi connectivity index (χ2v) is 5.52. The lowest BCUT2D eigenvalue weighted by atomic mass is 10.1. The molecule has 0 unspecified atom stereocenters. The number of hydrogen-bond acceptors (Lipinski definition) is 2. The predicted octanol–water partition coefficient (Wildman–Crippen LogP) is 4.72. The van der Waals surface area contributed by atoms with Crippen molar-refractivity contribution in [2.45, 2.75) is 31.3 Å². The van der Waals surface area contributed by atoms with Crippen LogP contribution in [0, 0.1) is 17.2 Å². The molecule has 1 rings (SSSR count). The van der Waals surface area contributed by atoms with Crippen molar-refractivity contribution in [1.82, 2.24) is 0 Å². The SMILES string of the molecule is CC(C)CCSc1ccc(C(F)(F)F)c(C#N)c1. The molecule has 18 heavy (non-hydrogen) atoms. The molecule has 98 valence electrons. The van der Waals surface area contributed by atoms with E-state index in [0.29, 0.717) is 10.8 Å². The molecule has 5 heteroatoms. The van der Waals surface area contributed by atoms with Gasteiger partial charge in [0.1, 0.15) is 0 Å². The third-order valence-corrected chi connectivity index (χ3v) is 3.41. The minimum Gasteiger partial charge on any atom is -0.192 e. The zero-order chi connectivity index (χ0) is 13.8. The summed E-state index contributed by atoms with van der Waals surface area (Å²) in [7, 11) is 0. The topological polar surface area (TPSA) is 23.8 Å². The van der Waals surface area contributed by atoms with Crippen molar-refractivity contribution in [2.75, 3.05) is 5.75 Å². The Kier molecular flexibility index (Phi) is 5.09. The lowest BCUT2D eigenvalue weighted by Crippen LogP contribution is -2.07. The molecule has 0 N–H and O–H groups in total. The minimum absolute atomic E-state index is 0.308. The van der Waals surface area contributed by atoms with Gasteiger partial charge in [-0.15, -0.1) is 11.8 Å². The summed E-state index contributed by atoms with van der Waals surface area (Å²) in [6.45, 7) is 4.18. The fourth-order valence-corrected chi connectivity index (χ4v) is 2.56. The Balaban J connectivity index is 2.84. The van der Waals surface area contributed by atoms with E-state index >= 15 is 0 Å². The average Bonchev–Trinajstić information content (AvgIpc) is 2.26. The van der Waals surface area contributed by atoms with Gasteiger partial charge in [-0.2, -0.15) is 18.4 Å². The molecule has 0 heterocycles. The first-order valence-corrected chi connectivity index (χ1v) is 6.57. The first kappa shape index (κ1) is 14.9. The Morgan fingerprint density at radius 1 is 1.33 bits per heavy atom. The van der Waals surface area contributed by atoms with Gasteiger partial charge < -0.3 is 0 Å². The Morgan fingerprint density at radius 2 is 2.00 bits per heavy atom. The fourth-order valence-electron chi connectivity index (χ4n) is 1.37. The highest BCUT2D eigenvalue weighted by Gasteiger charge is 2.33. The molecule has 0 atom stereocenters. The summed E-state index contributed by atoms with van der Waals surface area (Å²) in [6, 6.07) is 5.33. The van der Waals surface area contributed by atoms with E-state index in [4.69, 9.17) is 5.26 Å². The van der Waals surface area contributed by atoms with Gasteiger partial charge in [0.05, 0.1) is 17.2 Å². The van der Waals surface area contributed by atoms with Gasteiger partial charge in [-0.1, -0.05) is 13.8 Å². The first-order chi connectivity index (χ1) is 8.34. The Bertz CT molecular complexity index is 447. The standard InChI is InChI=1S/C13H14F3NS/c1-9(2)5-6-18-11-3-4-12(13(14,15)16)10(7-11)8-17/h3-4,7,9H,5-6H2,1-2H3. The van der Waals surface area contributed by atoms with Crippen LogP contribution in [0.25, 0.3) is 0 Å². The van der Waals surface area contributed by atoms with Crippen molar-refractivity contribution < 1.29 is 13.2 Å². The second-order valence-electron chi connectivity index (χ2n) is 4.35. The maximum absolute atomic E-state index is 12.6. The van der Waals surface area contributed by atoms with Crippen LogP contribution in [0.1, 0.15) is 31.4 Å². The maximum atomic E-state index is 12.6. The number of nitrogens with zero attached hydrogens (tertiary/aromatic N) is 1. The van der Waals surface area contributed by atoms with E-state index in [-0.39, 0.29) is 5.56 Å². The monoisotopic (exact) mass is 273 g/mol. The molecular formula is C13H14F3NS. The smallest absolute Gasteiger partial charge is 0.192 e. The van der Waals surface area contributed by atoms with Crippen molar-refractivity contribution in [2.24, 2.45) is 5.92 Å². The summed E-state index contributed by atoms with van der Waals surface area (Å²) in [4.78, 5) is 0.709. The van der Waals surface area contributed by atoms with E-state index in [1.165, 1.54) is 23.9 Å². The van der Waals surface area contributed by atoms with Crippen LogP contribution in [-0.4, -0.2) is 5.75 Å². The molecule has 1 aromatic rings. The number of thioether (sulfide) groups is 1. The van der Waals surface area contributed by atoms with E-state index in [1.807, 2.05) is 0 Å². The Labute approximate surface area is 109 Å². The number of nitriles is 1. The summed E-state index contributed by atoms with van der Waals surface area (Å²) in [5.74, 6) is 1.40. The van der Waals surface area contributed by atoms with Gasteiger partial charge >= 0.3 is 6.18 Å². The molecule has 0 bridgehead atoms. The van der Waals surface area contributed by atoms with Crippen LogP contribution in [0.4, 0.5) is 13.2 Å². The predicted molar refractivity (Wildman–Crippen MR) is 66.3 cm³/mol. The van der Waals surface area contributed by atoms with Crippen molar-refractivity contribution >= 4 is 11.8 Å². The molecule has 0 fully saturated rings. The van der Waals surface area contributed by atoms with E-state index in [2.05, 4.69) is 13.8 Å². The van der Waals surface area contributed by atoms with Crippen LogP contribution < -0.4 is 0 Å². The highest BCUT2D eigenvalue weighted by molar-refractivity contribution is 7.99. The van der Waals surface area contributed by atoms with Crippen LogP contribution in [0.5, 0.6) is 0 Å². The zero-order valence-electron chi connectivity index (χ0n) is 10.2. The summed E-state index contributed by atoms with van der Waals surface area (Å²) in [5, 5.41) is 8.76. The van der Waals surface area contributed by atoms with Crippen molar-refractivity contribution in [3.8, 4) is 6.07 Å². The molecular weight excluding hydrogens is 259 g/mol. The molecule has 0 saturated heterocycles. The molecule has 0 spiro atoms.